The van der Waals surface area contributed by atoms with E-state index in [1.165, 1.54) is 30.0 Å². The third-order valence-corrected chi connectivity index (χ3v) is 5.31. The molecule has 196 valence electrons. The predicted molar refractivity (Wildman–Crippen MR) is 138 cm³/mol. The first-order chi connectivity index (χ1) is 16.9. The normalized spacial score (nSPS) is 11.1. The van der Waals surface area contributed by atoms with Crippen LogP contribution < -0.4 is 14.4 Å². The molecule has 0 bridgehead atoms. The van der Waals surface area contributed by atoms with E-state index >= 15 is 0 Å². The molecule has 36 heavy (non-hydrogen) atoms. The monoisotopic (exact) mass is 520 g/mol. The largest absolute Gasteiger partial charge is 0.494 e. The Balaban J connectivity index is 2.34. The first-order valence-electron chi connectivity index (χ1n) is 11.7. The van der Waals surface area contributed by atoms with E-state index in [2.05, 4.69) is 6.92 Å². The number of nitrogens with zero attached hydrogens (tertiary/aromatic N) is 2. The first kappa shape index (κ1) is 28.9. The number of rotatable bonds is 12. The number of anilines is 1. The summed E-state index contributed by atoms with van der Waals surface area (Å²) in [5.41, 5.74) is -0.586. The molecule has 1 amide bonds. The van der Waals surface area contributed by atoms with E-state index < -0.39 is 29.0 Å². The summed E-state index contributed by atoms with van der Waals surface area (Å²) in [7, 11) is 0. The van der Waals surface area contributed by atoms with Gasteiger partial charge in [-0.25, -0.2) is 4.79 Å². The third kappa shape index (κ3) is 8.71. The molecule has 0 radical (unpaired) electrons. The maximum atomic E-state index is 12.7. The average molecular weight is 521 g/mol. The number of nitro groups is 1. The molecule has 0 aliphatic rings. The summed E-state index contributed by atoms with van der Waals surface area (Å²) in [5, 5.41) is 12.2. The van der Waals surface area contributed by atoms with Crippen LogP contribution in [0, 0.1) is 10.1 Å². The van der Waals surface area contributed by atoms with Gasteiger partial charge in [-0.2, -0.15) is 0 Å². The molecule has 10 heteroatoms. The Morgan fingerprint density at radius 3 is 2.42 bits per heavy atom. The van der Waals surface area contributed by atoms with Gasteiger partial charge < -0.3 is 14.2 Å². The van der Waals surface area contributed by atoms with Crippen LogP contribution in [-0.4, -0.2) is 35.6 Å². The Hall–Kier alpha value is -3.33. The summed E-state index contributed by atoms with van der Waals surface area (Å²) in [6.07, 6.45) is 3.07. The molecule has 0 unspecified atom stereocenters. The third-order valence-electron chi connectivity index (χ3n) is 4.96. The van der Waals surface area contributed by atoms with Crippen LogP contribution in [0.15, 0.2) is 36.4 Å². The molecule has 0 heterocycles. The summed E-state index contributed by atoms with van der Waals surface area (Å²) in [4.78, 5) is 37.2. The van der Waals surface area contributed by atoms with Gasteiger partial charge in [-0.3, -0.25) is 19.8 Å². The highest BCUT2D eigenvalue weighted by molar-refractivity contribution is 6.31. The molecular weight excluding hydrogens is 488 g/mol. The van der Waals surface area contributed by atoms with Crippen LogP contribution in [0.5, 0.6) is 11.5 Å². The summed E-state index contributed by atoms with van der Waals surface area (Å²) >= 11 is 6.47. The van der Waals surface area contributed by atoms with E-state index in [-0.39, 0.29) is 23.7 Å². The molecular formula is C26H33ClN2O7. The number of benzene rings is 2. The average Bonchev–Trinajstić information content (AvgIpc) is 2.78. The summed E-state index contributed by atoms with van der Waals surface area (Å²) in [6.45, 7) is 8.56. The predicted octanol–water partition coefficient (Wildman–Crippen LogP) is 6.09. The standard InChI is InChI=1S/C26H33ClN2O7/c1-6-7-8-14-34-20-13-12-19(21(27)15-20)16-28(18(2)30)25-22(29(32)33)10-9-11-23(25)35-17-24(31)36-26(3,4)5/h9-13,15H,6-8,14,16-17H2,1-5H3. The van der Waals surface area contributed by atoms with E-state index in [1.807, 2.05) is 0 Å². The number of amides is 1. The molecule has 0 saturated heterocycles. The number of carbonyl (C=O) groups excluding carboxylic acids is 2. The highest BCUT2D eigenvalue weighted by Crippen LogP contribution is 2.39. The Morgan fingerprint density at radius 2 is 1.83 bits per heavy atom. The number of hydrogen-bond donors (Lipinski definition) is 0. The SMILES string of the molecule is CCCCCOc1ccc(CN(C(C)=O)c2c(OCC(=O)OC(C)(C)C)cccc2[N+](=O)[O-])c(Cl)c1. The number of hydrogen-bond acceptors (Lipinski definition) is 7. The molecule has 0 atom stereocenters. The van der Waals surface area contributed by atoms with Gasteiger partial charge in [0.15, 0.2) is 18.0 Å². The van der Waals surface area contributed by atoms with Crippen molar-refractivity contribution in [1.29, 1.82) is 0 Å². The van der Waals surface area contributed by atoms with Crippen LogP contribution in [0.25, 0.3) is 0 Å². The Labute approximate surface area is 216 Å². The van der Waals surface area contributed by atoms with Crippen molar-refractivity contribution in [1.82, 2.24) is 0 Å². The van der Waals surface area contributed by atoms with E-state index in [0.717, 1.165) is 19.3 Å². The minimum absolute atomic E-state index is 0.00254. The summed E-state index contributed by atoms with van der Waals surface area (Å²) < 4.78 is 16.6. The van der Waals surface area contributed by atoms with Gasteiger partial charge in [0.05, 0.1) is 18.1 Å². The fourth-order valence-electron chi connectivity index (χ4n) is 3.36. The van der Waals surface area contributed by atoms with Crippen molar-refractivity contribution in [2.24, 2.45) is 0 Å². The van der Waals surface area contributed by atoms with Gasteiger partial charge in [-0.05, 0) is 51.0 Å². The molecule has 0 aliphatic carbocycles. The van der Waals surface area contributed by atoms with Crippen LogP contribution >= 0.6 is 11.6 Å². The second kappa shape index (κ2) is 13.1. The van der Waals surface area contributed by atoms with Crippen molar-refractivity contribution >= 4 is 34.9 Å². The van der Waals surface area contributed by atoms with Crippen LogP contribution in [0.2, 0.25) is 5.02 Å². The van der Waals surface area contributed by atoms with E-state index in [4.69, 9.17) is 25.8 Å². The molecule has 0 fully saturated rings. The fourth-order valence-corrected chi connectivity index (χ4v) is 3.59. The number of nitro benzene ring substituents is 1. The summed E-state index contributed by atoms with van der Waals surface area (Å²) in [6, 6.07) is 9.24. The molecule has 9 nitrogen and oxygen atoms in total. The Bertz CT molecular complexity index is 1080. The van der Waals surface area contributed by atoms with Gasteiger partial charge >= 0.3 is 5.97 Å². The van der Waals surface area contributed by atoms with Crippen LogP contribution in [0.1, 0.15) is 59.4 Å². The minimum atomic E-state index is -0.722. The minimum Gasteiger partial charge on any atom is -0.494 e. The number of esters is 1. The lowest BCUT2D eigenvalue weighted by Gasteiger charge is -2.24. The van der Waals surface area contributed by atoms with Crippen LogP contribution in [0.4, 0.5) is 11.4 Å². The number of unbranched alkanes of at least 4 members (excludes halogenated alkanes) is 2. The van der Waals surface area contributed by atoms with Gasteiger partial charge in [-0.15, -0.1) is 0 Å². The number of para-hydroxylation sites is 1. The van der Waals surface area contributed by atoms with Crippen molar-refractivity contribution in [3.63, 3.8) is 0 Å². The lowest BCUT2D eigenvalue weighted by molar-refractivity contribution is -0.384. The van der Waals surface area contributed by atoms with Gasteiger partial charge in [0, 0.05) is 18.0 Å². The fraction of sp³-hybridized carbons (Fsp3) is 0.462. The van der Waals surface area contributed by atoms with Crippen molar-refractivity contribution < 1.29 is 28.7 Å². The van der Waals surface area contributed by atoms with Gasteiger partial charge in [0.25, 0.3) is 5.69 Å². The van der Waals surface area contributed by atoms with E-state index in [9.17, 15) is 19.7 Å². The molecule has 0 aromatic heterocycles. The first-order valence-corrected chi connectivity index (χ1v) is 12.1. The van der Waals surface area contributed by atoms with E-state index in [1.54, 1.807) is 39.0 Å². The number of halogens is 1. The second-order valence-corrected chi connectivity index (χ2v) is 9.58. The Kier molecular flexibility index (Phi) is 10.5. The van der Waals surface area contributed by atoms with Gasteiger partial charge in [0.1, 0.15) is 11.4 Å². The number of carbonyl (C=O) groups is 2. The molecule has 0 saturated carbocycles. The van der Waals surface area contributed by atoms with E-state index in [0.29, 0.717) is 22.9 Å². The zero-order valence-corrected chi connectivity index (χ0v) is 22.1. The van der Waals surface area contributed by atoms with Gasteiger partial charge in [0.2, 0.25) is 5.91 Å². The van der Waals surface area contributed by atoms with Crippen molar-refractivity contribution in [3.05, 3.63) is 57.1 Å². The highest BCUT2D eigenvalue weighted by atomic mass is 35.5. The summed E-state index contributed by atoms with van der Waals surface area (Å²) in [5.74, 6) is -0.521. The Morgan fingerprint density at radius 1 is 1.11 bits per heavy atom. The van der Waals surface area contributed by atoms with Crippen LogP contribution in [0.3, 0.4) is 0 Å². The highest BCUT2D eigenvalue weighted by Gasteiger charge is 2.28. The molecule has 0 aliphatic heterocycles. The second-order valence-electron chi connectivity index (χ2n) is 9.17. The molecule has 2 aromatic carbocycles. The van der Waals surface area contributed by atoms with Crippen LogP contribution in [-0.2, 0) is 20.9 Å². The van der Waals surface area contributed by atoms with Crippen molar-refractivity contribution in [2.75, 3.05) is 18.1 Å². The smallest absolute Gasteiger partial charge is 0.344 e. The maximum Gasteiger partial charge on any atom is 0.344 e. The van der Waals surface area contributed by atoms with Crippen molar-refractivity contribution in [2.45, 2.75) is 66.0 Å². The van der Waals surface area contributed by atoms with Gasteiger partial charge in [-0.1, -0.05) is 43.5 Å². The zero-order valence-electron chi connectivity index (χ0n) is 21.3. The lowest BCUT2D eigenvalue weighted by atomic mass is 10.1. The maximum absolute atomic E-state index is 12.7. The molecule has 2 rings (SSSR count). The number of ether oxygens (including phenoxy) is 3. The molecule has 0 N–H and O–H groups in total. The van der Waals surface area contributed by atoms with Crippen molar-refractivity contribution in [3.8, 4) is 11.5 Å². The lowest BCUT2D eigenvalue weighted by Crippen LogP contribution is -2.30. The molecule has 0 spiro atoms. The topological polar surface area (TPSA) is 108 Å². The zero-order chi connectivity index (χ0) is 26.9. The quantitative estimate of drug-likeness (QED) is 0.144. The molecule has 2 aromatic rings.